The molecule has 0 amide bonds. The number of hydrogen-bond acceptors (Lipinski definition) is 5. The van der Waals surface area contributed by atoms with Crippen molar-refractivity contribution in [2.75, 3.05) is 11.9 Å². The maximum absolute atomic E-state index is 12.1. The van der Waals surface area contributed by atoms with E-state index in [1.807, 2.05) is 25.8 Å². The summed E-state index contributed by atoms with van der Waals surface area (Å²) in [5.41, 5.74) is 0.986. The summed E-state index contributed by atoms with van der Waals surface area (Å²) in [6.45, 7) is 1.93. The third-order valence-electron chi connectivity index (χ3n) is 2.84. The molecule has 0 aliphatic heterocycles. The minimum atomic E-state index is -2.80. The third-order valence-corrected chi connectivity index (χ3v) is 3.69. The first-order valence-corrected chi connectivity index (χ1v) is 7.31. The Morgan fingerprint density at radius 1 is 1.24 bits per heavy atom. The molecule has 0 saturated heterocycles. The average molecular weight is 313 g/mol. The fourth-order valence-corrected chi connectivity index (χ4v) is 2.50. The summed E-state index contributed by atoms with van der Waals surface area (Å²) in [7, 11) is 1.92. The van der Waals surface area contributed by atoms with Crippen LogP contribution in [0.3, 0.4) is 0 Å². The predicted octanol–water partition coefficient (Wildman–Crippen LogP) is 3.90. The summed E-state index contributed by atoms with van der Waals surface area (Å²) in [5.74, 6) is 1.30. The van der Waals surface area contributed by atoms with Crippen LogP contribution in [0.4, 0.5) is 13.9 Å². The highest BCUT2D eigenvalue weighted by Crippen LogP contribution is 2.22. The lowest BCUT2D eigenvalue weighted by molar-refractivity contribution is -0.0498. The van der Waals surface area contributed by atoms with Gasteiger partial charge in [-0.1, -0.05) is 26.0 Å². The van der Waals surface area contributed by atoms with E-state index >= 15 is 0 Å². The van der Waals surface area contributed by atoms with E-state index in [2.05, 4.69) is 14.1 Å². The van der Waals surface area contributed by atoms with E-state index in [0.29, 0.717) is 12.5 Å². The number of halogens is 2. The number of hydrogen-bond donors (Lipinski definition) is 0. The van der Waals surface area contributed by atoms with Crippen molar-refractivity contribution >= 4 is 16.7 Å². The van der Waals surface area contributed by atoms with E-state index in [0.717, 1.165) is 16.5 Å². The molecule has 0 atom stereocenters. The summed E-state index contributed by atoms with van der Waals surface area (Å²) in [6, 6.07) is 6.60. The standard InChI is InChI=1S/C14H17F2N3OS/c1-9(2)12-17-14(21-18-12)19(3)8-10-4-6-11(7-5-10)20-13(15)16/h4-7,9,13H,8H2,1-3H3. The van der Waals surface area contributed by atoms with Crippen LogP contribution in [0.15, 0.2) is 24.3 Å². The molecular formula is C14H17F2N3OS. The minimum Gasteiger partial charge on any atom is -0.435 e. The molecular weight excluding hydrogens is 296 g/mol. The highest BCUT2D eigenvalue weighted by atomic mass is 32.1. The lowest BCUT2D eigenvalue weighted by Crippen LogP contribution is -2.16. The predicted molar refractivity (Wildman–Crippen MR) is 79.2 cm³/mol. The summed E-state index contributed by atoms with van der Waals surface area (Å²) in [5, 5.41) is 0.839. The number of rotatable bonds is 6. The number of benzene rings is 1. The zero-order valence-corrected chi connectivity index (χ0v) is 12.9. The molecule has 0 spiro atoms. The topological polar surface area (TPSA) is 38.2 Å². The van der Waals surface area contributed by atoms with Crippen LogP contribution in [0, 0.1) is 0 Å². The van der Waals surface area contributed by atoms with Crippen molar-refractivity contribution in [1.29, 1.82) is 0 Å². The van der Waals surface area contributed by atoms with Crippen LogP contribution in [0.2, 0.25) is 0 Å². The van der Waals surface area contributed by atoms with Gasteiger partial charge in [-0.05, 0) is 17.7 Å². The van der Waals surface area contributed by atoms with Crippen LogP contribution in [-0.2, 0) is 6.54 Å². The maximum atomic E-state index is 12.1. The second-order valence-electron chi connectivity index (χ2n) is 4.97. The Balaban J connectivity index is 1.99. The summed E-state index contributed by atoms with van der Waals surface area (Å²) < 4.78 is 32.8. The Morgan fingerprint density at radius 3 is 2.43 bits per heavy atom. The Hall–Kier alpha value is -1.76. The summed E-state index contributed by atoms with van der Waals surface area (Å²) in [4.78, 5) is 6.45. The van der Waals surface area contributed by atoms with Gasteiger partial charge in [0.25, 0.3) is 0 Å². The third kappa shape index (κ3) is 4.35. The van der Waals surface area contributed by atoms with Gasteiger partial charge >= 0.3 is 6.61 Å². The van der Waals surface area contributed by atoms with Gasteiger partial charge in [-0.25, -0.2) is 4.98 Å². The Bertz CT molecular complexity index is 572. The minimum absolute atomic E-state index is 0.161. The number of nitrogens with zero attached hydrogens (tertiary/aromatic N) is 3. The molecule has 0 saturated carbocycles. The molecule has 0 radical (unpaired) electrons. The van der Waals surface area contributed by atoms with E-state index in [4.69, 9.17) is 0 Å². The van der Waals surface area contributed by atoms with Crippen LogP contribution in [-0.4, -0.2) is 23.0 Å². The summed E-state index contributed by atoms with van der Waals surface area (Å²) >= 11 is 1.36. The second kappa shape index (κ2) is 6.80. The first-order valence-electron chi connectivity index (χ1n) is 6.54. The van der Waals surface area contributed by atoms with Crippen LogP contribution in [0.1, 0.15) is 31.2 Å². The zero-order valence-electron chi connectivity index (χ0n) is 12.1. The van der Waals surface area contributed by atoms with E-state index in [1.165, 1.54) is 23.7 Å². The van der Waals surface area contributed by atoms with E-state index in [9.17, 15) is 8.78 Å². The van der Waals surface area contributed by atoms with Gasteiger partial charge in [0.15, 0.2) is 0 Å². The molecule has 0 N–H and O–H groups in total. The molecule has 1 aromatic heterocycles. The average Bonchev–Trinajstić information content (AvgIpc) is 2.90. The highest BCUT2D eigenvalue weighted by Gasteiger charge is 2.11. The SMILES string of the molecule is CC(C)c1nsc(N(C)Cc2ccc(OC(F)F)cc2)n1. The lowest BCUT2D eigenvalue weighted by atomic mass is 10.2. The van der Waals surface area contributed by atoms with Gasteiger partial charge in [0.2, 0.25) is 5.13 Å². The van der Waals surface area contributed by atoms with Crippen molar-refractivity contribution in [1.82, 2.24) is 9.36 Å². The molecule has 0 aliphatic carbocycles. The molecule has 0 bridgehead atoms. The molecule has 1 heterocycles. The van der Waals surface area contributed by atoms with Gasteiger partial charge in [0, 0.05) is 31.0 Å². The van der Waals surface area contributed by atoms with Crippen LogP contribution in [0.25, 0.3) is 0 Å². The van der Waals surface area contributed by atoms with Crippen LogP contribution < -0.4 is 9.64 Å². The fraction of sp³-hybridized carbons (Fsp3) is 0.429. The fourth-order valence-electron chi connectivity index (χ4n) is 1.73. The number of alkyl halides is 2. The first-order chi connectivity index (χ1) is 9.95. The van der Waals surface area contributed by atoms with Gasteiger partial charge in [-0.15, -0.1) is 0 Å². The molecule has 0 aliphatic rings. The number of aromatic nitrogens is 2. The van der Waals surface area contributed by atoms with Gasteiger partial charge in [0.1, 0.15) is 11.6 Å². The highest BCUT2D eigenvalue weighted by molar-refractivity contribution is 7.09. The Morgan fingerprint density at radius 2 is 1.90 bits per heavy atom. The van der Waals surface area contributed by atoms with Gasteiger partial charge in [-0.3, -0.25) is 0 Å². The van der Waals surface area contributed by atoms with Crippen molar-refractivity contribution in [2.45, 2.75) is 32.9 Å². The molecule has 1 aromatic carbocycles. The second-order valence-corrected chi connectivity index (χ2v) is 5.70. The molecule has 114 valence electrons. The Labute approximate surface area is 126 Å². The zero-order chi connectivity index (χ0) is 15.4. The monoisotopic (exact) mass is 313 g/mol. The van der Waals surface area contributed by atoms with E-state index in [-0.39, 0.29) is 5.75 Å². The molecule has 21 heavy (non-hydrogen) atoms. The molecule has 0 fully saturated rings. The van der Waals surface area contributed by atoms with Crippen molar-refractivity contribution in [3.8, 4) is 5.75 Å². The Kier molecular flexibility index (Phi) is 5.06. The molecule has 7 heteroatoms. The number of ether oxygens (including phenoxy) is 1. The van der Waals surface area contributed by atoms with E-state index in [1.54, 1.807) is 12.1 Å². The van der Waals surface area contributed by atoms with Crippen LogP contribution >= 0.6 is 11.5 Å². The summed E-state index contributed by atoms with van der Waals surface area (Å²) in [6.07, 6.45) is 0. The van der Waals surface area contributed by atoms with E-state index < -0.39 is 6.61 Å². The van der Waals surface area contributed by atoms with Crippen LogP contribution in [0.5, 0.6) is 5.75 Å². The van der Waals surface area contributed by atoms with Gasteiger partial charge < -0.3 is 9.64 Å². The van der Waals surface area contributed by atoms with Crippen molar-refractivity contribution in [2.24, 2.45) is 0 Å². The molecule has 2 aromatic rings. The molecule has 0 unspecified atom stereocenters. The largest absolute Gasteiger partial charge is 0.435 e. The van der Waals surface area contributed by atoms with Gasteiger partial charge in [-0.2, -0.15) is 13.2 Å². The molecule has 4 nitrogen and oxygen atoms in total. The normalized spacial score (nSPS) is 11.2. The number of anilines is 1. The van der Waals surface area contributed by atoms with Gasteiger partial charge in [0.05, 0.1) is 0 Å². The smallest absolute Gasteiger partial charge is 0.387 e. The van der Waals surface area contributed by atoms with Crippen molar-refractivity contribution < 1.29 is 13.5 Å². The maximum Gasteiger partial charge on any atom is 0.387 e. The molecule has 2 rings (SSSR count). The van der Waals surface area contributed by atoms with Crippen molar-refractivity contribution in [3.63, 3.8) is 0 Å². The lowest BCUT2D eigenvalue weighted by Gasteiger charge is -2.15. The first kappa shape index (κ1) is 15.6. The van der Waals surface area contributed by atoms with Crippen molar-refractivity contribution in [3.05, 3.63) is 35.7 Å². The quantitative estimate of drug-likeness (QED) is 0.810.